The van der Waals surface area contributed by atoms with Crippen LogP contribution in [0.1, 0.15) is 12.5 Å². The molecule has 0 saturated carbocycles. The topological polar surface area (TPSA) is 26.0 Å². The lowest BCUT2D eigenvalue weighted by molar-refractivity contribution is 0.738. The van der Waals surface area contributed by atoms with Crippen LogP contribution in [-0.4, -0.2) is 6.04 Å². The van der Waals surface area contributed by atoms with E-state index in [-0.39, 0.29) is 18.4 Å². The van der Waals surface area contributed by atoms with Crippen molar-refractivity contribution in [3.63, 3.8) is 0 Å². The third kappa shape index (κ3) is 4.10. The molecule has 0 spiro atoms. The zero-order valence-corrected chi connectivity index (χ0v) is 9.36. The van der Waals surface area contributed by atoms with Crippen LogP contribution in [0.3, 0.4) is 0 Å². The van der Waals surface area contributed by atoms with E-state index in [4.69, 9.17) is 5.73 Å². The van der Waals surface area contributed by atoms with Crippen molar-refractivity contribution in [2.24, 2.45) is 5.73 Å². The quantitative estimate of drug-likeness (QED) is 0.858. The molecule has 0 fully saturated rings. The standard InChI is InChI=1S/C9H12BrN.ClH/c1-7(11)5-8-3-2-4-9(10)6-8;/h2-4,6-7H,5,11H2,1H3;1H/t7-;/m0./s1. The molecule has 1 aromatic rings. The van der Waals surface area contributed by atoms with Crippen LogP contribution in [0, 0.1) is 0 Å². The maximum atomic E-state index is 5.66. The zero-order chi connectivity index (χ0) is 8.27. The number of hydrogen-bond donors (Lipinski definition) is 1. The second-order valence-corrected chi connectivity index (χ2v) is 3.73. The molecule has 0 aliphatic carbocycles. The molecule has 1 aromatic carbocycles. The normalized spacial score (nSPS) is 11.9. The Morgan fingerprint density at radius 3 is 2.67 bits per heavy atom. The fourth-order valence-electron chi connectivity index (χ4n) is 1.04. The molecule has 12 heavy (non-hydrogen) atoms. The van der Waals surface area contributed by atoms with Gasteiger partial charge < -0.3 is 5.73 Å². The molecule has 2 N–H and O–H groups in total. The van der Waals surface area contributed by atoms with Gasteiger partial charge in [-0.25, -0.2) is 0 Å². The molecule has 0 radical (unpaired) electrons. The lowest BCUT2D eigenvalue weighted by atomic mass is 10.1. The van der Waals surface area contributed by atoms with Gasteiger partial charge in [0.1, 0.15) is 0 Å². The Morgan fingerprint density at radius 2 is 2.17 bits per heavy atom. The summed E-state index contributed by atoms with van der Waals surface area (Å²) in [5.74, 6) is 0. The Labute approximate surface area is 87.9 Å². The lowest BCUT2D eigenvalue weighted by Gasteiger charge is -2.04. The van der Waals surface area contributed by atoms with Gasteiger partial charge in [0, 0.05) is 10.5 Å². The molecule has 0 unspecified atom stereocenters. The SMILES string of the molecule is C[C@H](N)Cc1cccc(Br)c1.Cl. The molecular formula is C9H13BrClN. The van der Waals surface area contributed by atoms with E-state index >= 15 is 0 Å². The van der Waals surface area contributed by atoms with E-state index in [1.54, 1.807) is 0 Å². The van der Waals surface area contributed by atoms with Crippen LogP contribution in [0.2, 0.25) is 0 Å². The summed E-state index contributed by atoms with van der Waals surface area (Å²) >= 11 is 3.41. The van der Waals surface area contributed by atoms with Gasteiger partial charge >= 0.3 is 0 Å². The minimum atomic E-state index is 0. The molecule has 1 rings (SSSR count). The molecule has 0 aliphatic heterocycles. The van der Waals surface area contributed by atoms with Crippen LogP contribution in [0.5, 0.6) is 0 Å². The van der Waals surface area contributed by atoms with E-state index in [0.717, 1.165) is 10.9 Å². The third-order valence-electron chi connectivity index (χ3n) is 1.45. The molecule has 3 heteroatoms. The van der Waals surface area contributed by atoms with Crippen LogP contribution < -0.4 is 5.73 Å². The Hall–Kier alpha value is -0.0500. The maximum absolute atomic E-state index is 5.66. The lowest BCUT2D eigenvalue weighted by Crippen LogP contribution is -2.17. The molecule has 0 aliphatic rings. The Bertz CT molecular complexity index is 238. The summed E-state index contributed by atoms with van der Waals surface area (Å²) in [5, 5.41) is 0. The first-order valence-electron chi connectivity index (χ1n) is 3.68. The van der Waals surface area contributed by atoms with Crippen LogP contribution in [0.4, 0.5) is 0 Å². The van der Waals surface area contributed by atoms with Gasteiger partial charge in [0.15, 0.2) is 0 Å². The summed E-state index contributed by atoms with van der Waals surface area (Å²) in [6, 6.07) is 8.48. The predicted octanol–water partition coefficient (Wildman–Crippen LogP) is 2.76. The van der Waals surface area contributed by atoms with Crippen molar-refractivity contribution in [2.45, 2.75) is 19.4 Å². The van der Waals surface area contributed by atoms with E-state index in [1.807, 2.05) is 19.1 Å². The molecule has 68 valence electrons. The number of benzene rings is 1. The van der Waals surface area contributed by atoms with E-state index in [2.05, 4.69) is 28.1 Å². The Balaban J connectivity index is 0.00000121. The van der Waals surface area contributed by atoms with Gasteiger partial charge in [-0.3, -0.25) is 0 Å². The molecule has 0 saturated heterocycles. The average Bonchev–Trinajstić information content (AvgIpc) is 1.85. The Kier molecular flexibility index (Phi) is 5.55. The molecular weight excluding hydrogens is 237 g/mol. The number of rotatable bonds is 2. The van der Waals surface area contributed by atoms with Crippen molar-refractivity contribution in [1.29, 1.82) is 0 Å². The van der Waals surface area contributed by atoms with E-state index in [1.165, 1.54) is 5.56 Å². The highest BCUT2D eigenvalue weighted by Gasteiger charge is 1.96. The number of hydrogen-bond acceptors (Lipinski definition) is 1. The molecule has 0 aromatic heterocycles. The highest BCUT2D eigenvalue weighted by atomic mass is 79.9. The highest BCUT2D eigenvalue weighted by molar-refractivity contribution is 9.10. The van der Waals surface area contributed by atoms with Gasteiger partial charge in [-0.05, 0) is 31.0 Å². The monoisotopic (exact) mass is 249 g/mol. The smallest absolute Gasteiger partial charge is 0.0178 e. The summed E-state index contributed by atoms with van der Waals surface area (Å²) in [4.78, 5) is 0. The number of nitrogens with two attached hydrogens (primary N) is 1. The minimum absolute atomic E-state index is 0. The summed E-state index contributed by atoms with van der Waals surface area (Å²) < 4.78 is 1.12. The van der Waals surface area contributed by atoms with Crippen molar-refractivity contribution in [1.82, 2.24) is 0 Å². The molecule has 1 atom stereocenters. The van der Waals surface area contributed by atoms with Gasteiger partial charge in [-0.15, -0.1) is 12.4 Å². The van der Waals surface area contributed by atoms with E-state index < -0.39 is 0 Å². The number of halogens is 2. The average molecular weight is 251 g/mol. The van der Waals surface area contributed by atoms with Crippen molar-refractivity contribution in [2.75, 3.05) is 0 Å². The first-order chi connectivity index (χ1) is 5.18. The fraction of sp³-hybridized carbons (Fsp3) is 0.333. The highest BCUT2D eigenvalue weighted by Crippen LogP contribution is 2.12. The zero-order valence-electron chi connectivity index (χ0n) is 6.96. The maximum Gasteiger partial charge on any atom is 0.0178 e. The van der Waals surface area contributed by atoms with Gasteiger partial charge in [0.25, 0.3) is 0 Å². The first kappa shape index (κ1) is 11.9. The summed E-state index contributed by atoms with van der Waals surface area (Å²) in [7, 11) is 0. The summed E-state index contributed by atoms with van der Waals surface area (Å²) in [5.41, 5.74) is 6.95. The third-order valence-corrected chi connectivity index (χ3v) is 1.94. The van der Waals surface area contributed by atoms with E-state index in [0.29, 0.717) is 0 Å². The first-order valence-corrected chi connectivity index (χ1v) is 4.48. The Morgan fingerprint density at radius 1 is 1.50 bits per heavy atom. The molecule has 0 bridgehead atoms. The van der Waals surface area contributed by atoms with Crippen molar-refractivity contribution in [3.05, 3.63) is 34.3 Å². The van der Waals surface area contributed by atoms with Gasteiger partial charge in [0.05, 0.1) is 0 Å². The second-order valence-electron chi connectivity index (χ2n) is 2.81. The van der Waals surface area contributed by atoms with Crippen LogP contribution in [-0.2, 0) is 6.42 Å². The van der Waals surface area contributed by atoms with Gasteiger partial charge in [0.2, 0.25) is 0 Å². The van der Waals surface area contributed by atoms with Crippen LogP contribution in [0.25, 0.3) is 0 Å². The fourth-order valence-corrected chi connectivity index (χ4v) is 1.48. The van der Waals surface area contributed by atoms with Crippen molar-refractivity contribution < 1.29 is 0 Å². The molecule has 0 amide bonds. The van der Waals surface area contributed by atoms with Crippen LogP contribution >= 0.6 is 28.3 Å². The molecule has 1 nitrogen and oxygen atoms in total. The second kappa shape index (κ2) is 5.57. The summed E-state index contributed by atoms with van der Waals surface area (Å²) in [6.45, 7) is 2.01. The van der Waals surface area contributed by atoms with Gasteiger partial charge in [-0.1, -0.05) is 28.1 Å². The molecule has 0 heterocycles. The van der Waals surface area contributed by atoms with Gasteiger partial charge in [-0.2, -0.15) is 0 Å². The van der Waals surface area contributed by atoms with Crippen molar-refractivity contribution >= 4 is 28.3 Å². The van der Waals surface area contributed by atoms with E-state index in [9.17, 15) is 0 Å². The predicted molar refractivity (Wildman–Crippen MR) is 58.7 cm³/mol. The van der Waals surface area contributed by atoms with Crippen molar-refractivity contribution in [3.8, 4) is 0 Å². The summed E-state index contributed by atoms with van der Waals surface area (Å²) in [6.07, 6.45) is 0.944. The van der Waals surface area contributed by atoms with Crippen LogP contribution in [0.15, 0.2) is 28.7 Å². The minimum Gasteiger partial charge on any atom is -0.328 e. The largest absolute Gasteiger partial charge is 0.328 e.